The number of anilines is 1. The van der Waals surface area contributed by atoms with E-state index < -0.39 is 16.9 Å². The Morgan fingerprint density at radius 2 is 1.79 bits per heavy atom. The van der Waals surface area contributed by atoms with E-state index in [9.17, 15) is 19.7 Å². The van der Waals surface area contributed by atoms with E-state index in [0.717, 1.165) is 0 Å². The largest absolute Gasteiger partial charge is 0.493 e. The summed E-state index contributed by atoms with van der Waals surface area (Å²) in [5.74, 6) is 0.636. The molecule has 0 unspecified atom stereocenters. The molecule has 154 valence electrons. The number of hydrogen-bond acceptors (Lipinski definition) is 6. The van der Waals surface area contributed by atoms with Gasteiger partial charge in [0.15, 0.2) is 11.5 Å². The molecule has 2 aromatic rings. The van der Waals surface area contributed by atoms with Crippen molar-refractivity contribution < 1.29 is 24.0 Å². The molecule has 0 spiro atoms. The highest BCUT2D eigenvalue weighted by molar-refractivity contribution is 5.94. The number of rotatable bonds is 9. The smallest absolute Gasteiger partial charge is 0.315 e. The van der Waals surface area contributed by atoms with E-state index >= 15 is 0 Å². The Labute approximate surface area is 167 Å². The second kappa shape index (κ2) is 10.5. The van der Waals surface area contributed by atoms with Crippen molar-refractivity contribution in [2.24, 2.45) is 0 Å². The number of ether oxygens (including phenoxy) is 2. The molecule has 10 heteroatoms. The molecule has 0 fully saturated rings. The molecule has 3 N–H and O–H groups in total. The maximum Gasteiger partial charge on any atom is 0.315 e. The number of nitro groups is 1. The molecule has 0 bridgehead atoms. The Bertz CT molecular complexity index is 870. The van der Waals surface area contributed by atoms with E-state index in [1.165, 1.54) is 19.2 Å². The number of nitrogens with zero attached hydrogens (tertiary/aromatic N) is 1. The number of benzene rings is 2. The van der Waals surface area contributed by atoms with Crippen LogP contribution in [0.1, 0.15) is 12.5 Å². The summed E-state index contributed by atoms with van der Waals surface area (Å²) in [7, 11) is 1.50. The number of urea groups is 1. The van der Waals surface area contributed by atoms with Gasteiger partial charge in [0.1, 0.15) is 0 Å². The molecule has 3 amide bonds. The molecule has 0 aliphatic heterocycles. The number of carbonyl (C=O) groups is 2. The molecule has 0 heterocycles. The molecule has 0 saturated carbocycles. The molecule has 0 radical (unpaired) electrons. The first-order chi connectivity index (χ1) is 13.9. The monoisotopic (exact) mass is 402 g/mol. The van der Waals surface area contributed by atoms with E-state index in [2.05, 4.69) is 16.0 Å². The molecular weight excluding hydrogens is 380 g/mol. The van der Waals surface area contributed by atoms with Crippen molar-refractivity contribution in [3.63, 3.8) is 0 Å². The van der Waals surface area contributed by atoms with Crippen LogP contribution in [0.5, 0.6) is 11.5 Å². The summed E-state index contributed by atoms with van der Waals surface area (Å²) in [6.07, 6.45) is 0. The maximum absolute atomic E-state index is 12.0. The van der Waals surface area contributed by atoms with Crippen LogP contribution in [0.2, 0.25) is 0 Å². The van der Waals surface area contributed by atoms with Crippen molar-refractivity contribution in [1.82, 2.24) is 10.6 Å². The fourth-order valence-corrected chi connectivity index (χ4v) is 2.37. The van der Waals surface area contributed by atoms with Gasteiger partial charge in [-0.2, -0.15) is 0 Å². The quantitative estimate of drug-likeness (QED) is 0.436. The predicted molar refractivity (Wildman–Crippen MR) is 106 cm³/mol. The zero-order valence-corrected chi connectivity index (χ0v) is 16.1. The normalized spacial score (nSPS) is 10.0. The van der Waals surface area contributed by atoms with Crippen LogP contribution in [0, 0.1) is 10.1 Å². The van der Waals surface area contributed by atoms with Crippen molar-refractivity contribution >= 4 is 23.3 Å². The van der Waals surface area contributed by atoms with Gasteiger partial charge in [-0.25, -0.2) is 4.79 Å². The van der Waals surface area contributed by atoms with Crippen LogP contribution in [0.25, 0.3) is 0 Å². The second-order valence-corrected chi connectivity index (χ2v) is 5.81. The molecule has 29 heavy (non-hydrogen) atoms. The van der Waals surface area contributed by atoms with Crippen LogP contribution in [-0.2, 0) is 11.3 Å². The second-order valence-electron chi connectivity index (χ2n) is 5.81. The molecule has 0 aliphatic carbocycles. The van der Waals surface area contributed by atoms with Crippen molar-refractivity contribution in [2.45, 2.75) is 13.5 Å². The average Bonchev–Trinajstić information content (AvgIpc) is 2.72. The Balaban J connectivity index is 1.78. The van der Waals surface area contributed by atoms with Crippen LogP contribution in [0.3, 0.4) is 0 Å². The van der Waals surface area contributed by atoms with Gasteiger partial charge in [-0.15, -0.1) is 0 Å². The van der Waals surface area contributed by atoms with Crippen LogP contribution in [-0.4, -0.2) is 37.1 Å². The molecule has 0 aliphatic rings. The van der Waals surface area contributed by atoms with Crippen LogP contribution >= 0.6 is 0 Å². The lowest BCUT2D eigenvalue weighted by Crippen LogP contribution is -2.39. The minimum absolute atomic E-state index is 0.0270. The molecule has 0 saturated heterocycles. The van der Waals surface area contributed by atoms with E-state index in [4.69, 9.17) is 9.47 Å². The van der Waals surface area contributed by atoms with Crippen molar-refractivity contribution in [2.75, 3.05) is 25.6 Å². The van der Waals surface area contributed by atoms with E-state index in [-0.39, 0.29) is 18.8 Å². The van der Waals surface area contributed by atoms with Crippen molar-refractivity contribution in [3.8, 4) is 11.5 Å². The van der Waals surface area contributed by atoms with Gasteiger partial charge in [-0.05, 0) is 24.6 Å². The SMILES string of the molecule is CCOc1ccc(NC(=O)CNC(=O)NCc2ccc([N+](=O)[O-])cc2)cc1OC. The van der Waals surface area contributed by atoms with Crippen LogP contribution in [0.15, 0.2) is 42.5 Å². The lowest BCUT2D eigenvalue weighted by molar-refractivity contribution is -0.384. The Morgan fingerprint density at radius 3 is 2.41 bits per heavy atom. The fraction of sp³-hybridized carbons (Fsp3) is 0.263. The summed E-state index contributed by atoms with van der Waals surface area (Å²) in [6.45, 7) is 2.28. The fourth-order valence-electron chi connectivity index (χ4n) is 2.37. The van der Waals surface area contributed by atoms with Gasteiger partial charge in [-0.3, -0.25) is 14.9 Å². The van der Waals surface area contributed by atoms with Crippen molar-refractivity contribution in [1.29, 1.82) is 0 Å². The number of hydrogen-bond donors (Lipinski definition) is 3. The maximum atomic E-state index is 12.0. The minimum Gasteiger partial charge on any atom is -0.493 e. The number of methoxy groups -OCH3 is 1. The summed E-state index contributed by atoms with van der Waals surface area (Å²) >= 11 is 0. The third-order valence-electron chi connectivity index (χ3n) is 3.76. The first-order valence-corrected chi connectivity index (χ1v) is 8.78. The first-order valence-electron chi connectivity index (χ1n) is 8.78. The summed E-state index contributed by atoms with van der Waals surface area (Å²) in [4.78, 5) is 33.9. The Hall–Kier alpha value is -3.82. The molecule has 10 nitrogen and oxygen atoms in total. The number of non-ortho nitro benzene ring substituents is 1. The lowest BCUT2D eigenvalue weighted by Gasteiger charge is -2.12. The first kappa shape index (κ1) is 21.5. The van der Waals surface area contributed by atoms with Gasteiger partial charge in [0.2, 0.25) is 5.91 Å². The zero-order valence-electron chi connectivity index (χ0n) is 16.1. The zero-order chi connectivity index (χ0) is 21.2. The van der Waals surface area contributed by atoms with Gasteiger partial charge >= 0.3 is 6.03 Å². The number of nitrogens with one attached hydrogen (secondary N) is 3. The predicted octanol–water partition coefficient (Wildman–Crippen LogP) is 2.44. The standard InChI is InChI=1S/C19H22N4O6/c1-3-29-16-9-6-14(10-17(16)28-2)22-18(24)12-21-19(25)20-11-13-4-7-15(8-5-13)23(26)27/h4-10H,3,11-12H2,1-2H3,(H,22,24)(H2,20,21,25). The molecule has 0 aromatic heterocycles. The number of amides is 3. The third-order valence-corrected chi connectivity index (χ3v) is 3.76. The highest BCUT2D eigenvalue weighted by Crippen LogP contribution is 2.30. The van der Waals surface area contributed by atoms with E-state index in [1.54, 1.807) is 30.3 Å². The van der Waals surface area contributed by atoms with Gasteiger partial charge in [0.05, 0.1) is 25.2 Å². The van der Waals surface area contributed by atoms with Crippen LogP contribution < -0.4 is 25.4 Å². The number of nitro benzene ring substituents is 1. The Morgan fingerprint density at radius 1 is 1.07 bits per heavy atom. The highest BCUT2D eigenvalue weighted by Gasteiger charge is 2.10. The summed E-state index contributed by atoms with van der Waals surface area (Å²) in [5, 5.41) is 18.3. The van der Waals surface area contributed by atoms with Gasteiger partial charge in [0.25, 0.3) is 5.69 Å². The van der Waals surface area contributed by atoms with E-state index in [1.807, 2.05) is 6.92 Å². The van der Waals surface area contributed by atoms with E-state index in [0.29, 0.717) is 29.4 Å². The van der Waals surface area contributed by atoms with Crippen molar-refractivity contribution in [3.05, 3.63) is 58.1 Å². The van der Waals surface area contributed by atoms with Gasteiger partial charge < -0.3 is 25.4 Å². The highest BCUT2D eigenvalue weighted by atomic mass is 16.6. The molecule has 0 atom stereocenters. The minimum atomic E-state index is -0.539. The third kappa shape index (κ3) is 6.69. The van der Waals surface area contributed by atoms with Crippen LogP contribution in [0.4, 0.5) is 16.2 Å². The molecular formula is C19H22N4O6. The topological polar surface area (TPSA) is 132 Å². The summed E-state index contributed by atoms with van der Waals surface area (Å²) in [5.41, 5.74) is 1.17. The molecule has 2 rings (SSSR count). The summed E-state index contributed by atoms with van der Waals surface area (Å²) in [6, 6.07) is 10.2. The number of carbonyl (C=O) groups excluding carboxylic acids is 2. The van der Waals surface area contributed by atoms with Gasteiger partial charge in [-0.1, -0.05) is 12.1 Å². The summed E-state index contributed by atoms with van der Waals surface area (Å²) < 4.78 is 10.6. The Kier molecular flexibility index (Phi) is 7.78. The average molecular weight is 402 g/mol. The lowest BCUT2D eigenvalue weighted by atomic mass is 10.2. The molecule has 2 aromatic carbocycles. The van der Waals surface area contributed by atoms with Gasteiger partial charge in [0, 0.05) is 30.4 Å².